The molecule has 5 heterocycles. The van der Waals surface area contributed by atoms with Gasteiger partial charge in [-0.25, -0.2) is 6.57 Å². The number of likely N-dealkylation sites (N-methyl/N-ethyl adjacent to an activating group) is 1. The van der Waals surface area contributed by atoms with Crippen molar-refractivity contribution in [3.63, 3.8) is 0 Å². The van der Waals surface area contributed by atoms with Gasteiger partial charge in [0.15, 0.2) is 0 Å². The smallest absolute Gasteiger partial charge is 0.318 e. The molecular weight excluding hydrogens is 604 g/mol. The minimum atomic E-state index is -0.240. The van der Waals surface area contributed by atoms with Crippen LogP contribution in [0.1, 0.15) is 24.1 Å². The molecule has 12 heteroatoms. The molecule has 4 aliphatic rings. The number of piperazine rings is 1. The predicted molar refractivity (Wildman–Crippen MR) is 179 cm³/mol. The maximum Gasteiger partial charge on any atom is 0.318 e. The van der Waals surface area contributed by atoms with Crippen molar-refractivity contribution in [2.24, 2.45) is 0 Å². The van der Waals surface area contributed by atoms with E-state index < -0.39 is 0 Å². The van der Waals surface area contributed by atoms with Crippen LogP contribution in [0.4, 0.5) is 11.5 Å². The zero-order valence-electron chi connectivity index (χ0n) is 26.3. The van der Waals surface area contributed by atoms with Crippen LogP contribution in [0.2, 0.25) is 5.02 Å². The number of amides is 1. The third-order valence-corrected chi connectivity index (χ3v) is 10.3. The number of halogens is 1. The summed E-state index contributed by atoms with van der Waals surface area (Å²) in [4.78, 5) is 37.9. The monoisotopic (exact) mass is 644 g/mol. The van der Waals surface area contributed by atoms with E-state index in [0.717, 1.165) is 70.9 Å². The molecule has 0 bridgehead atoms. The Balaban J connectivity index is 1.18. The summed E-state index contributed by atoms with van der Waals surface area (Å²) in [6, 6.07) is 12.6. The number of fused-ring (bicyclic) bond motifs is 2. The molecule has 0 radical (unpaired) electrons. The van der Waals surface area contributed by atoms with Gasteiger partial charge in [-0.05, 0) is 50.4 Å². The number of likely N-dealkylation sites (tertiary alicyclic amines) is 1. The third-order valence-electron chi connectivity index (χ3n) is 10.0. The maximum absolute atomic E-state index is 13.4. The molecule has 3 fully saturated rings. The van der Waals surface area contributed by atoms with E-state index in [-0.39, 0.29) is 31.1 Å². The van der Waals surface area contributed by atoms with Crippen molar-refractivity contribution in [3.8, 4) is 6.01 Å². The molecule has 4 aliphatic heterocycles. The molecule has 46 heavy (non-hydrogen) atoms. The molecule has 242 valence electrons. The fourth-order valence-electron chi connectivity index (χ4n) is 7.40. The van der Waals surface area contributed by atoms with Gasteiger partial charge in [-0.15, -0.1) is 0 Å². The highest BCUT2D eigenvalue weighted by molar-refractivity contribution is 6.36. The molecule has 2 aromatic carbocycles. The predicted octanol–water partition coefficient (Wildman–Crippen LogP) is 2.93. The van der Waals surface area contributed by atoms with E-state index in [4.69, 9.17) is 32.9 Å². The summed E-state index contributed by atoms with van der Waals surface area (Å²) >= 11 is 6.72. The quantitative estimate of drug-likeness (QED) is 0.279. The highest BCUT2D eigenvalue weighted by Gasteiger charge is 2.45. The first-order valence-corrected chi connectivity index (χ1v) is 16.7. The lowest BCUT2D eigenvalue weighted by molar-refractivity contribution is -0.133. The van der Waals surface area contributed by atoms with Gasteiger partial charge in [-0.3, -0.25) is 9.69 Å². The first-order valence-electron chi connectivity index (χ1n) is 16.3. The summed E-state index contributed by atoms with van der Waals surface area (Å²) < 4.78 is 6.33. The lowest BCUT2D eigenvalue weighted by Gasteiger charge is -2.41. The van der Waals surface area contributed by atoms with Crippen molar-refractivity contribution in [3.05, 3.63) is 64.1 Å². The average molecular weight is 645 g/mol. The molecule has 0 aliphatic carbocycles. The van der Waals surface area contributed by atoms with Crippen LogP contribution in [0.25, 0.3) is 15.6 Å². The number of benzene rings is 2. The number of carbonyl (C=O) groups is 1. The van der Waals surface area contributed by atoms with E-state index in [1.165, 1.54) is 0 Å². The van der Waals surface area contributed by atoms with Gasteiger partial charge in [-0.2, -0.15) is 9.97 Å². The fraction of sp³-hybridized carbons (Fsp3) is 0.529. The van der Waals surface area contributed by atoms with Crippen LogP contribution in [0.15, 0.2) is 36.4 Å². The number of aliphatic hydroxyl groups excluding tert-OH is 1. The number of carbonyl (C=O) groups excluding carboxylic acids is 1. The second kappa shape index (κ2) is 13.2. The van der Waals surface area contributed by atoms with Crippen LogP contribution >= 0.6 is 11.6 Å². The molecular formula is C34H41ClN8O3. The number of aromatic nitrogens is 2. The highest BCUT2D eigenvalue weighted by atomic mass is 35.5. The Hall–Kier alpha value is -3.69. The van der Waals surface area contributed by atoms with E-state index in [0.29, 0.717) is 57.9 Å². The number of anilines is 2. The van der Waals surface area contributed by atoms with Gasteiger partial charge in [0.05, 0.1) is 23.9 Å². The second-order valence-electron chi connectivity index (χ2n) is 12.8. The topological polar surface area (TPSA) is 92.6 Å². The van der Waals surface area contributed by atoms with E-state index in [1.807, 2.05) is 21.9 Å². The molecule has 1 N–H and O–H groups in total. The SMILES string of the molecule is [C-]#[N+]C[C@H]1CN(c2nc(OC[C@@H]3CCCN3C)nc3c2CCN(c2cccc4cccc(Cl)c24)C3)CCN1C(=O)[C@H]1CN1CCO. The molecule has 4 atom stereocenters. The fourth-order valence-corrected chi connectivity index (χ4v) is 7.67. The van der Waals surface area contributed by atoms with Gasteiger partial charge < -0.3 is 34.3 Å². The maximum atomic E-state index is 13.4. The first-order chi connectivity index (χ1) is 22.4. The van der Waals surface area contributed by atoms with Gasteiger partial charge >= 0.3 is 6.01 Å². The van der Waals surface area contributed by atoms with Crippen LogP contribution in [0.3, 0.4) is 0 Å². The lowest BCUT2D eigenvalue weighted by Crippen LogP contribution is -2.58. The number of nitrogens with zero attached hydrogens (tertiary/aromatic N) is 8. The largest absolute Gasteiger partial charge is 0.462 e. The van der Waals surface area contributed by atoms with Crippen molar-refractivity contribution in [1.82, 2.24) is 24.7 Å². The molecule has 7 rings (SSSR count). The Morgan fingerprint density at radius 2 is 1.93 bits per heavy atom. The molecule has 0 spiro atoms. The van der Waals surface area contributed by atoms with Gasteiger partial charge in [-0.1, -0.05) is 35.9 Å². The Labute approximate surface area is 275 Å². The number of aliphatic hydroxyl groups is 1. The van der Waals surface area contributed by atoms with Crippen molar-refractivity contribution in [2.45, 2.75) is 43.9 Å². The molecule has 1 amide bonds. The van der Waals surface area contributed by atoms with Crippen LogP contribution in [-0.4, -0.2) is 126 Å². The summed E-state index contributed by atoms with van der Waals surface area (Å²) in [7, 11) is 2.14. The Morgan fingerprint density at radius 1 is 1.09 bits per heavy atom. The minimum absolute atomic E-state index is 0.0360. The zero-order chi connectivity index (χ0) is 31.8. The van der Waals surface area contributed by atoms with Crippen LogP contribution in [-0.2, 0) is 17.8 Å². The van der Waals surface area contributed by atoms with Crippen molar-refractivity contribution in [1.29, 1.82) is 0 Å². The van der Waals surface area contributed by atoms with Crippen LogP contribution < -0.4 is 14.5 Å². The number of hydrogen-bond donors (Lipinski definition) is 1. The number of ether oxygens (including phenoxy) is 1. The molecule has 11 nitrogen and oxygen atoms in total. The summed E-state index contributed by atoms with van der Waals surface area (Å²) in [6.07, 6.45) is 3.00. The zero-order valence-corrected chi connectivity index (χ0v) is 27.1. The van der Waals surface area contributed by atoms with E-state index in [2.05, 4.69) is 50.9 Å². The van der Waals surface area contributed by atoms with Crippen LogP contribution in [0.5, 0.6) is 6.01 Å². The Bertz CT molecular complexity index is 1640. The van der Waals surface area contributed by atoms with E-state index in [1.54, 1.807) is 0 Å². The first kappa shape index (κ1) is 30.9. The van der Waals surface area contributed by atoms with Crippen molar-refractivity contribution in [2.75, 3.05) is 82.4 Å². The lowest BCUT2D eigenvalue weighted by atomic mass is 10.0. The van der Waals surface area contributed by atoms with Gasteiger partial charge in [0.1, 0.15) is 24.5 Å². The molecule has 3 aromatic rings. The normalized spacial score (nSPS) is 24.6. The molecule has 1 unspecified atom stereocenters. The summed E-state index contributed by atoms with van der Waals surface area (Å²) in [5, 5.41) is 12.2. The van der Waals surface area contributed by atoms with Gasteiger partial charge in [0.25, 0.3) is 0 Å². The van der Waals surface area contributed by atoms with Crippen molar-refractivity contribution >= 4 is 39.8 Å². The number of rotatable bonds is 9. The molecule has 1 aromatic heterocycles. The number of hydrogen-bond acceptors (Lipinski definition) is 9. The van der Waals surface area contributed by atoms with Crippen LogP contribution in [0, 0.1) is 6.57 Å². The van der Waals surface area contributed by atoms with Gasteiger partial charge in [0.2, 0.25) is 12.5 Å². The Morgan fingerprint density at radius 3 is 2.72 bits per heavy atom. The van der Waals surface area contributed by atoms with E-state index in [9.17, 15) is 9.90 Å². The van der Waals surface area contributed by atoms with Gasteiger partial charge in [0, 0.05) is 61.9 Å². The Kier molecular flexibility index (Phi) is 8.88. The standard InChI is InChI=1S/C34H41ClN8O3/c1-36-18-25-19-42(14-15-43(25)33(45)30-21-41(30)16-17-44)32-26-11-13-40(29-10-4-7-23-6-3-9-27(35)31(23)29)20-28(26)37-34(38-32)46-22-24-8-5-12-39(24)2/h3-4,6-7,9-10,24-25,30,44H,5,8,11-22H2,2H3/t24-,25-,30+,41?/m0/s1. The molecule has 3 saturated heterocycles. The highest BCUT2D eigenvalue weighted by Crippen LogP contribution is 2.37. The van der Waals surface area contributed by atoms with E-state index >= 15 is 0 Å². The summed E-state index contributed by atoms with van der Waals surface area (Å²) in [5.41, 5.74) is 3.13. The number of β-amino-alcohol motifs (C(OH)–C–C–N with tert-alkyl or cyclic N) is 1. The summed E-state index contributed by atoms with van der Waals surface area (Å²) in [6.45, 7) is 13.7. The average Bonchev–Trinajstić information content (AvgIpc) is 3.72. The summed E-state index contributed by atoms with van der Waals surface area (Å²) in [5.74, 6) is 0.909. The molecule has 0 saturated carbocycles. The third kappa shape index (κ3) is 6.07. The minimum Gasteiger partial charge on any atom is -0.462 e. The second-order valence-corrected chi connectivity index (χ2v) is 13.2. The van der Waals surface area contributed by atoms with Crippen molar-refractivity contribution < 1.29 is 14.6 Å².